The van der Waals surface area contributed by atoms with Gasteiger partial charge in [0.05, 0.1) is 6.61 Å². The molecule has 0 radical (unpaired) electrons. The van der Waals surface area contributed by atoms with Gasteiger partial charge in [-0.3, -0.25) is 5.32 Å². The molecule has 0 fully saturated rings. The summed E-state index contributed by atoms with van der Waals surface area (Å²) in [6.45, 7) is 2.54. The summed E-state index contributed by atoms with van der Waals surface area (Å²) in [6, 6.07) is 0. The quantitative estimate of drug-likeness (QED) is 0.429. The summed E-state index contributed by atoms with van der Waals surface area (Å²) in [5, 5.41) is 19.6. The number of aliphatic hydroxyl groups excluding tert-OH is 2. The summed E-state index contributed by atoms with van der Waals surface area (Å²) in [4.78, 5) is 0. The fourth-order valence-electron chi connectivity index (χ4n) is 0.375. The van der Waals surface area contributed by atoms with Crippen LogP contribution in [0.5, 0.6) is 0 Å². The summed E-state index contributed by atoms with van der Waals surface area (Å²) in [7, 11) is 0. The van der Waals surface area contributed by atoms with E-state index in [1.165, 1.54) is 0 Å². The molecular weight excluding hydrogens is 106 g/mol. The maximum absolute atomic E-state index is 8.63. The van der Waals surface area contributed by atoms with Crippen LogP contribution in [0.2, 0.25) is 0 Å². The summed E-state index contributed by atoms with van der Waals surface area (Å²) in [5.74, 6) is 0. The van der Waals surface area contributed by atoms with Crippen LogP contribution in [-0.2, 0) is 0 Å². The van der Waals surface area contributed by atoms with Crippen molar-refractivity contribution in [3.8, 4) is 0 Å². The molecule has 0 amide bonds. The van der Waals surface area contributed by atoms with Crippen molar-refractivity contribution in [3.05, 3.63) is 0 Å². The van der Waals surface area contributed by atoms with Gasteiger partial charge in [-0.2, -0.15) is 0 Å². The third kappa shape index (κ3) is 4.05. The molecule has 0 aromatic heterocycles. The Kier molecular flexibility index (Phi) is 4.95. The Labute approximate surface area is 49.3 Å². The predicted molar refractivity (Wildman–Crippen MR) is 31.4 cm³/mol. The Hall–Kier alpha value is -0.120. The Balaban J connectivity index is 2.86. The first-order chi connectivity index (χ1) is 3.81. The fraction of sp³-hybridized carbons (Fsp3) is 1.00. The minimum absolute atomic E-state index is 0.208. The molecule has 8 heavy (non-hydrogen) atoms. The van der Waals surface area contributed by atoms with Gasteiger partial charge in [0.15, 0.2) is 0 Å². The average Bonchev–Trinajstić information content (AvgIpc) is 1.83. The van der Waals surface area contributed by atoms with Gasteiger partial charge in [0.2, 0.25) is 0 Å². The molecular formula is C5H13NO2. The Morgan fingerprint density at radius 3 is 2.62 bits per heavy atom. The predicted octanol–water partition coefficient (Wildman–Crippen LogP) is -0.703. The van der Waals surface area contributed by atoms with Gasteiger partial charge in [0.25, 0.3) is 0 Å². The first kappa shape index (κ1) is 7.88. The maximum Gasteiger partial charge on any atom is 0.128 e. The van der Waals surface area contributed by atoms with E-state index in [-0.39, 0.29) is 6.61 Å². The highest BCUT2D eigenvalue weighted by atomic mass is 16.3. The van der Waals surface area contributed by atoms with Crippen molar-refractivity contribution in [2.75, 3.05) is 13.2 Å². The van der Waals surface area contributed by atoms with Gasteiger partial charge in [0, 0.05) is 0 Å². The molecule has 0 aliphatic carbocycles. The lowest BCUT2D eigenvalue weighted by molar-refractivity contribution is 0.0684. The summed E-state index contributed by atoms with van der Waals surface area (Å²) in [5.41, 5.74) is 0. The molecule has 0 aromatic rings. The van der Waals surface area contributed by atoms with E-state index in [0.717, 1.165) is 13.0 Å². The largest absolute Gasteiger partial charge is 0.392 e. The second kappa shape index (κ2) is 5.03. The van der Waals surface area contributed by atoms with Crippen LogP contribution in [0.4, 0.5) is 0 Å². The van der Waals surface area contributed by atoms with Crippen molar-refractivity contribution in [3.63, 3.8) is 0 Å². The zero-order valence-electron chi connectivity index (χ0n) is 5.09. The average molecular weight is 119 g/mol. The van der Waals surface area contributed by atoms with Gasteiger partial charge in [0.1, 0.15) is 6.23 Å². The maximum atomic E-state index is 8.63. The molecule has 0 bridgehead atoms. The zero-order valence-corrected chi connectivity index (χ0v) is 5.09. The van der Waals surface area contributed by atoms with Gasteiger partial charge in [-0.25, -0.2) is 0 Å². The number of aliphatic hydroxyl groups is 2. The van der Waals surface area contributed by atoms with Gasteiger partial charge in [-0.1, -0.05) is 6.92 Å². The summed E-state index contributed by atoms with van der Waals surface area (Å²) in [6.07, 6.45) is 0.229. The summed E-state index contributed by atoms with van der Waals surface area (Å²) >= 11 is 0. The normalized spacial score (nSPS) is 13.9. The van der Waals surface area contributed by atoms with E-state index >= 15 is 0 Å². The van der Waals surface area contributed by atoms with E-state index in [1.807, 2.05) is 6.92 Å². The van der Waals surface area contributed by atoms with Crippen molar-refractivity contribution >= 4 is 0 Å². The first-order valence-electron chi connectivity index (χ1n) is 2.83. The standard InChI is InChI=1S/C5H13NO2/c1-2-3-6-5(8)4-7/h5-8H,2-4H2,1H3. The lowest BCUT2D eigenvalue weighted by Gasteiger charge is -2.06. The Morgan fingerprint density at radius 2 is 2.25 bits per heavy atom. The number of hydrogen-bond acceptors (Lipinski definition) is 3. The molecule has 0 aliphatic rings. The minimum atomic E-state index is -0.741. The fourth-order valence-corrected chi connectivity index (χ4v) is 0.375. The molecule has 1 unspecified atom stereocenters. The van der Waals surface area contributed by atoms with E-state index in [1.54, 1.807) is 0 Å². The van der Waals surface area contributed by atoms with Crippen LogP contribution < -0.4 is 5.32 Å². The second-order valence-corrected chi connectivity index (χ2v) is 1.65. The zero-order chi connectivity index (χ0) is 6.41. The SMILES string of the molecule is CCCNC(O)CO. The molecule has 0 aromatic carbocycles. The minimum Gasteiger partial charge on any atom is -0.392 e. The van der Waals surface area contributed by atoms with Crippen molar-refractivity contribution in [1.29, 1.82) is 0 Å². The topological polar surface area (TPSA) is 52.5 Å². The molecule has 0 heterocycles. The smallest absolute Gasteiger partial charge is 0.128 e. The molecule has 3 N–H and O–H groups in total. The molecule has 1 atom stereocenters. The Bertz CT molecular complexity index is 49.7. The van der Waals surface area contributed by atoms with Crippen molar-refractivity contribution in [2.24, 2.45) is 0 Å². The third-order valence-electron chi connectivity index (χ3n) is 0.803. The molecule has 50 valence electrons. The number of hydrogen-bond donors (Lipinski definition) is 3. The van der Waals surface area contributed by atoms with Crippen LogP contribution in [0.25, 0.3) is 0 Å². The van der Waals surface area contributed by atoms with Crippen LogP contribution in [0.1, 0.15) is 13.3 Å². The lowest BCUT2D eigenvalue weighted by atomic mass is 10.4. The molecule has 0 spiro atoms. The van der Waals surface area contributed by atoms with E-state index < -0.39 is 6.23 Å². The summed E-state index contributed by atoms with van der Waals surface area (Å²) < 4.78 is 0. The van der Waals surface area contributed by atoms with Crippen LogP contribution in [-0.4, -0.2) is 29.6 Å². The molecule has 3 heteroatoms. The molecule has 0 aliphatic heterocycles. The first-order valence-corrected chi connectivity index (χ1v) is 2.83. The second-order valence-electron chi connectivity index (χ2n) is 1.65. The van der Waals surface area contributed by atoms with Crippen molar-refractivity contribution < 1.29 is 10.2 Å². The number of rotatable bonds is 4. The van der Waals surface area contributed by atoms with E-state index in [9.17, 15) is 0 Å². The molecule has 0 saturated carbocycles. The van der Waals surface area contributed by atoms with Gasteiger partial charge in [-0.15, -0.1) is 0 Å². The van der Waals surface area contributed by atoms with Crippen LogP contribution >= 0.6 is 0 Å². The van der Waals surface area contributed by atoms with E-state index in [4.69, 9.17) is 10.2 Å². The van der Waals surface area contributed by atoms with Gasteiger partial charge < -0.3 is 10.2 Å². The van der Waals surface area contributed by atoms with E-state index in [2.05, 4.69) is 5.32 Å². The van der Waals surface area contributed by atoms with Crippen molar-refractivity contribution in [1.82, 2.24) is 5.32 Å². The molecule has 0 rings (SSSR count). The van der Waals surface area contributed by atoms with Crippen molar-refractivity contribution in [2.45, 2.75) is 19.6 Å². The van der Waals surface area contributed by atoms with Crippen LogP contribution in [0.3, 0.4) is 0 Å². The highest BCUT2D eigenvalue weighted by Gasteiger charge is 1.95. The van der Waals surface area contributed by atoms with Crippen LogP contribution in [0.15, 0.2) is 0 Å². The monoisotopic (exact) mass is 119 g/mol. The molecule has 3 nitrogen and oxygen atoms in total. The number of nitrogens with one attached hydrogen (secondary N) is 1. The van der Waals surface area contributed by atoms with Gasteiger partial charge in [-0.05, 0) is 13.0 Å². The lowest BCUT2D eigenvalue weighted by Crippen LogP contribution is -2.32. The highest BCUT2D eigenvalue weighted by Crippen LogP contribution is 1.74. The third-order valence-corrected chi connectivity index (χ3v) is 0.803. The Morgan fingerprint density at radius 1 is 1.62 bits per heavy atom. The van der Waals surface area contributed by atoms with Gasteiger partial charge >= 0.3 is 0 Å². The molecule has 0 saturated heterocycles. The highest BCUT2D eigenvalue weighted by molar-refractivity contribution is 4.47. The van der Waals surface area contributed by atoms with Crippen LogP contribution in [0, 0.1) is 0 Å². The van der Waals surface area contributed by atoms with E-state index in [0.29, 0.717) is 0 Å².